The van der Waals surface area contributed by atoms with Crippen LogP contribution in [0.25, 0.3) is 0 Å². The molecule has 0 bridgehead atoms. The summed E-state index contributed by atoms with van der Waals surface area (Å²) in [7, 11) is 0. The zero-order chi connectivity index (χ0) is 7.78. The fourth-order valence-electron chi connectivity index (χ4n) is 0.709. The molecule has 0 aliphatic heterocycles. The Morgan fingerprint density at radius 3 is 2.30 bits per heavy atom. The first-order valence-electron chi connectivity index (χ1n) is 3.12. The van der Waals surface area contributed by atoms with Gasteiger partial charge in [-0.05, 0) is 5.41 Å². The second-order valence-electron chi connectivity index (χ2n) is 3.27. The van der Waals surface area contributed by atoms with Gasteiger partial charge in [-0.2, -0.15) is 0 Å². The van der Waals surface area contributed by atoms with Gasteiger partial charge in [0.05, 0.1) is 0 Å². The predicted molar refractivity (Wildman–Crippen MR) is 40.2 cm³/mol. The van der Waals surface area contributed by atoms with Crippen molar-refractivity contribution < 1.29 is 4.52 Å². The van der Waals surface area contributed by atoms with Gasteiger partial charge in [0.15, 0.2) is 5.15 Å². The smallest absolute Gasteiger partial charge is 0.175 e. The van der Waals surface area contributed by atoms with Crippen LogP contribution < -0.4 is 0 Å². The zero-order valence-corrected chi connectivity index (χ0v) is 7.07. The van der Waals surface area contributed by atoms with E-state index in [2.05, 4.69) is 30.5 Å². The molecular weight excluding hydrogens is 150 g/mol. The second-order valence-corrected chi connectivity index (χ2v) is 3.63. The third-order valence-electron chi connectivity index (χ3n) is 1.33. The van der Waals surface area contributed by atoms with Gasteiger partial charge in [-0.1, -0.05) is 37.5 Å². The van der Waals surface area contributed by atoms with Gasteiger partial charge >= 0.3 is 0 Å². The standard InChI is InChI=1S/C7H10ClNO/c1-7(2,3)5-4-10-9-6(5)8/h4H,1-3H3. The number of nitrogens with zero attached hydrogens (tertiary/aromatic N) is 1. The minimum absolute atomic E-state index is 0.0249. The maximum Gasteiger partial charge on any atom is 0.175 e. The fraction of sp³-hybridized carbons (Fsp3) is 0.571. The molecule has 10 heavy (non-hydrogen) atoms. The number of hydrogen-bond acceptors (Lipinski definition) is 2. The van der Waals surface area contributed by atoms with Gasteiger partial charge in [0.25, 0.3) is 0 Å². The van der Waals surface area contributed by atoms with E-state index in [9.17, 15) is 0 Å². The average molecular weight is 160 g/mol. The highest BCUT2D eigenvalue weighted by Gasteiger charge is 2.19. The summed E-state index contributed by atoms with van der Waals surface area (Å²) in [5.74, 6) is 0. The highest BCUT2D eigenvalue weighted by atomic mass is 35.5. The molecule has 1 heterocycles. The summed E-state index contributed by atoms with van der Waals surface area (Å²) >= 11 is 5.72. The monoisotopic (exact) mass is 159 g/mol. The van der Waals surface area contributed by atoms with Crippen LogP contribution in [-0.2, 0) is 5.41 Å². The average Bonchev–Trinajstić information content (AvgIpc) is 2.11. The van der Waals surface area contributed by atoms with Crippen LogP contribution in [0, 0.1) is 0 Å². The van der Waals surface area contributed by atoms with Crippen molar-refractivity contribution in [3.63, 3.8) is 0 Å². The van der Waals surface area contributed by atoms with E-state index in [4.69, 9.17) is 11.6 Å². The van der Waals surface area contributed by atoms with E-state index >= 15 is 0 Å². The lowest BCUT2D eigenvalue weighted by Crippen LogP contribution is -2.09. The Morgan fingerprint density at radius 1 is 1.50 bits per heavy atom. The Kier molecular flexibility index (Phi) is 1.73. The number of rotatable bonds is 0. The molecule has 0 spiro atoms. The summed E-state index contributed by atoms with van der Waals surface area (Å²) in [6, 6.07) is 0. The molecule has 0 saturated heterocycles. The zero-order valence-electron chi connectivity index (χ0n) is 6.31. The van der Waals surface area contributed by atoms with Crippen molar-refractivity contribution >= 4 is 11.6 Å². The maximum atomic E-state index is 5.72. The van der Waals surface area contributed by atoms with Crippen LogP contribution in [0.2, 0.25) is 5.15 Å². The van der Waals surface area contributed by atoms with Crippen LogP contribution in [-0.4, -0.2) is 5.16 Å². The van der Waals surface area contributed by atoms with E-state index in [1.165, 1.54) is 0 Å². The molecule has 0 radical (unpaired) electrons. The molecule has 1 aromatic heterocycles. The first-order chi connectivity index (χ1) is 4.52. The molecule has 3 heteroatoms. The van der Waals surface area contributed by atoms with E-state index in [-0.39, 0.29) is 5.41 Å². The maximum absolute atomic E-state index is 5.72. The first kappa shape index (κ1) is 7.61. The van der Waals surface area contributed by atoms with Gasteiger partial charge in [0, 0.05) is 5.56 Å². The van der Waals surface area contributed by atoms with E-state index in [0.717, 1.165) is 5.56 Å². The molecule has 0 unspecified atom stereocenters. The normalized spacial score (nSPS) is 12.0. The van der Waals surface area contributed by atoms with Crippen molar-refractivity contribution in [3.8, 4) is 0 Å². The van der Waals surface area contributed by atoms with Crippen LogP contribution in [0.5, 0.6) is 0 Å². The Labute approximate surface area is 65.2 Å². The first-order valence-corrected chi connectivity index (χ1v) is 3.50. The summed E-state index contributed by atoms with van der Waals surface area (Å²) in [6.07, 6.45) is 1.59. The fourth-order valence-corrected chi connectivity index (χ4v) is 1.08. The van der Waals surface area contributed by atoms with Gasteiger partial charge in [0.1, 0.15) is 6.26 Å². The van der Waals surface area contributed by atoms with Gasteiger partial charge < -0.3 is 4.52 Å². The Hall–Kier alpha value is -0.500. The van der Waals surface area contributed by atoms with Gasteiger partial charge in [-0.3, -0.25) is 0 Å². The number of aromatic nitrogens is 1. The quantitative estimate of drug-likeness (QED) is 0.582. The van der Waals surface area contributed by atoms with Crippen molar-refractivity contribution in [2.24, 2.45) is 0 Å². The van der Waals surface area contributed by atoms with E-state index < -0.39 is 0 Å². The minimum atomic E-state index is 0.0249. The van der Waals surface area contributed by atoms with Crippen molar-refractivity contribution in [1.29, 1.82) is 0 Å². The molecule has 0 fully saturated rings. The van der Waals surface area contributed by atoms with E-state index in [0.29, 0.717) is 5.15 Å². The molecule has 0 atom stereocenters. The molecule has 2 nitrogen and oxygen atoms in total. The number of halogens is 1. The Bertz CT molecular complexity index is 224. The molecule has 0 aliphatic rings. The molecule has 0 saturated carbocycles. The summed E-state index contributed by atoms with van der Waals surface area (Å²) in [5, 5.41) is 4.04. The predicted octanol–water partition coefficient (Wildman–Crippen LogP) is 2.63. The molecule has 0 aliphatic carbocycles. The number of hydrogen-bond donors (Lipinski definition) is 0. The second kappa shape index (κ2) is 2.27. The lowest BCUT2D eigenvalue weighted by Gasteiger charge is -2.14. The van der Waals surface area contributed by atoms with Crippen LogP contribution in [0.4, 0.5) is 0 Å². The summed E-state index contributed by atoms with van der Waals surface area (Å²) in [4.78, 5) is 0. The van der Waals surface area contributed by atoms with Crippen molar-refractivity contribution in [2.45, 2.75) is 26.2 Å². The Morgan fingerprint density at radius 2 is 2.10 bits per heavy atom. The molecule has 0 amide bonds. The third kappa shape index (κ3) is 1.32. The highest BCUT2D eigenvalue weighted by Crippen LogP contribution is 2.27. The summed E-state index contributed by atoms with van der Waals surface area (Å²) < 4.78 is 4.69. The molecule has 56 valence electrons. The molecule has 1 rings (SSSR count). The topological polar surface area (TPSA) is 26.0 Å². The minimum Gasteiger partial charge on any atom is -0.363 e. The summed E-state index contributed by atoms with van der Waals surface area (Å²) in [5.41, 5.74) is 0.978. The van der Waals surface area contributed by atoms with Crippen LogP contribution in [0.3, 0.4) is 0 Å². The largest absolute Gasteiger partial charge is 0.363 e. The SMILES string of the molecule is CC(C)(C)c1conc1Cl. The van der Waals surface area contributed by atoms with Crippen molar-refractivity contribution in [3.05, 3.63) is 17.0 Å². The molecular formula is C7H10ClNO. The molecule has 0 N–H and O–H groups in total. The lowest BCUT2D eigenvalue weighted by molar-refractivity contribution is 0.416. The van der Waals surface area contributed by atoms with Crippen molar-refractivity contribution in [1.82, 2.24) is 5.16 Å². The third-order valence-corrected chi connectivity index (χ3v) is 1.61. The van der Waals surface area contributed by atoms with Crippen LogP contribution in [0.15, 0.2) is 10.8 Å². The van der Waals surface area contributed by atoms with Crippen LogP contribution in [0.1, 0.15) is 26.3 Å². The lowest BCUT2D eigenvalue weighted by atomic mass is 9.90. The molecule has 1 aromatic rings. The Balaban J connectivity index is 3.05. The van der Waals surface area contributed by atoms with Gasteiger partial charge in [0.2, 0.25) is 0 Å². The summed E-state index contributed by atoms with van der Waals surface area (Å²) in [6.45, 7) is 6.18. The van der Waals surface area contributed by atoms with Crippen LogP contribution >= 0.6 is 11.6 Å². The highest BCUT2D eigenvalue weighted by molar-refractivity contribution is 6.30. The van der Waals surface area contributed by atoms with Gasteiger partial charge in [-0.25, -0.2) is 0 Å². The van der Waals surface area contributed by atoms with Crippen molar-refractivity contribution in [2.75, 3.05) is 0 Å². The van der Waals surface area contributed by atoms with Gasteiger partial charge in [-0.15, -0.1) is 0 Å². The van der Waals surface area contributed by atoms with E-state index in [1.807, 2.05) is 0 Å². The molecule has 0 aromatic carbocycles. The van der Waals surface area contributed by atoms with E-state index in [1.54, 1.807) is 6.26 Å².